The molecule has 0 fully saturated rings. The molecule has 1 atom stereocenters. The summed E-state index contributed by atoms with van der Waals surface area (Å²) in [5.74, 6) is 1.71. The van der Waals surface area contributed by atoms with Gasteiger partial charge in [0, 0.05) is 5.56 Å². The smallest absolute Gasteiger partial charge is 0.242 e. The molecule has 1 heterocycles. The molecular weight excluding hydrogens is 332 g/mol. The van der Waals surface area contributed by atoms with Crippen molar-refractivity contribution in [2.75, 3.05) is 19.5 Å². The van der Waals surface area contributed by atoms with Gasteiger partial charge in [0.15, 0.2) is 11.5 Å². The third-order valence-electron chi connectivity index (χ3n) is 3.46. The number of aromatic nitrogens is 2. The number of anilines is 1. The van der Waals surface area contributed by atoms with Gasteiger partial charge in [0.2, 0.25) is 5.91 Å². The highest BCUT2D eigenvalue weighted by atomic mass is 35.5. The van der Waals surface area contributed by atoms with Crippen LogP contribution in [0.5, 0.6) is 11.5 Å². The highest BCUT2D eigenvalue weighted by Crippen LogP contribution is 2.28. The van der Waals surface area contributed by atoms with Gasteiger partial charge in [-0.05, 0) is 31.5 Å². The van der Waals surface area contributed by atoms with Crippen molar-refractivity contribution in [3.63, 3.8) is 0 Å². The molecule has 0 bridgehead atoms. The highest BCUT2D eigenvalue weighted by molar-refractivity contribution is 5.94. The van der Waals surface area contributed by atoms with Crippen molar-refractivity contribution < 1.29 is 14.3 Å². The fraction of sp³-hybridized carbons (Fsp3) is 0.375. The van der Waals surface area contributed by atoms with E-state index in [9.17, 15) is 4.79 Å². The number of methoxy groups -OCH3 is 2. The van der Waals surface area contributed by atoms with Crippen LogP contribution in [0, 0.1) is 6.92 Å². The van der Waals surface area contributed by atoms with E-state index in [2.05, 4.69) is 10.4 Å². The van der Waals surface area contributed by atoms with E-state index < -0.39 is 6.04 Å². The van der Waals surface area contributed by atoms with E-state index in [-0.39, 0.29) is 18.3 Å². The first-order chi connectivity index (χ1) is 11.0. The fourth-order valence-corrected chi connectivity index (χ4v) is 2.14. The molecule has 0 saturated heterocycles. The van der Waals surface area contributed by atoms with Crippen LogP contribution < -0.4 is 20.5 Å². The number of benzene rings is 1. The van der Waals surface area contributed by atoms with E-state index in [1.165, 1.54) is 0 Å². The lowest BCUT2D eigenvalue weighted by Crippen LogP contribution is -2.33. The lowest BCUT2D eigenvalue weighted by atomic mass is 10.2. The number of hydrogen-bond acceptors (Lipinski definition) is 5. The van der Waals surface area contributed by atoms with Crippen LogP contribution in [-0.4, -0.2) is 35.9 Å². The number of rotatable bonds is 6. The first-order valence-electron chi connectivity index (χ1n) is 7.26. The van der Waals surface area contributed by atoms with Crippen LogP contribution in [0.4, 0.5) is 5.82 Å². The molecule has 3 N–H and O–H groups in total. The maximum atomic E-state index is 11.8. The van der Waals surface area contributed by atoms with Gasteiger partial charge in [0.05, 0.1) is 33.0 Å². The Morgan fingerprint density at radius 2 is 2.00 bits per heavy atom. The van der Waals surface area contributed by atoms with Crippen molar-refractivity contribution in [1.82, 2.24) is 9.78 Å². The molecule has 8 heteroatoms. The Morgan fingerprint density at radius 3 is 2.58 bits per heavy atom. The number of nitrogens with two attached hydrogens (primary N) is 1. The van der Waals surface area contributed by atoms with E-state index in [1.54, 1.807) is 32.0 Å². The lowest BCUT2D eigenvalue weighted by Gasteiger charge is -2.13. The summed E-state index contributed by atoms with van der Waals surface area (Å²) in [6, 6.07) is 5.06. The number of nitrogens with zero attached hydrogens (tertiary/aromatic N) is 2. The quantitative estimate of drug-likeness (QED) is 0.827. The second-order valence-electron chi connectivity index (χ2n) is 5.30. The first kappa shape index (κ1) is 19.8. The Hall–Kier alpha value is -2.25. The average Bonchev–Trinajstić information content (AvgIpc) is 2.87. The van der Waals surface area contributed by atoms with Gasteiger partial charge >= 0.3 is 0 Å². The minimum Gasteiger partial charge on any atom is -0.493 e. The molecular formula is C16H23ClN4O3. The van der Waals surface area contributed by atoms with Crippen molar-refractivity contribution in [1.29, 1.82) is 0 Å². The topological polar surface area (TPSA) is 91.4 Å². The molecule has 24 heavy (non-hydrogen) atoms. The predicted molar refractivity (Wildman–Crippen MR) is 95.1 cm³/mol. The molecule has 2 rings (SSSR count). The third kappa shape index (κ3) is 4.39. The number of ether oxygens (including phenoxy) is 2. The summed E-state index contributed by atoms with van der Waals surface area (Å²) in [6.45, 7) is 4.01. The molecule has 0 spiro atoms. The van der Waals surface area contributed by atoms with Gasteiger partial charge in [-0.15, -0.1) is 12.4 Å². The van der Waals surface area contributed by atoms with Crippen molar-refractivity contribution >= 4 is 24.1 Å². The van der Waals surface area contributed by atoms with Gasteiger partial charge in [-0.25, -0.2) is 4.68 Å². The zero-order chi connectivity index (χ0) is 17.0. The van der Waals surface area contributed by atoms with Crippen molar-refractivity contribution in [3.05, 3.63) is 35.5 Å². The summed E-state index contributed by atoms with van der Waals surface area (Å²) in [5, 5.41) is 7.12. The molecule has 1 aromatic carbocycles. The van der Waals surface area contributed by atoms with Crippen LogP contribution in [-0.2, 0) is 11.3 Å². The number of aryl methyl sites for hydroxylation is 1. The molecule has 0 aliphatic rings. The van der Waals surface area contributed by atoms with Gasteiger partial charge < -0.3 is 20.5 Å². The number of nitrogens with one attached hydrogen (secondary N) is 1. The minimum atomic E-state index is -0.584. The van der Waals surface area contributed by atoms with Gasteiger partial charge in [0.25, 0.3) is 0 Å². The zero-order valence-corrected chi connectivity index (χ0v) is 15.0. The summed E-state index contributed by atoms with van der Waals surface area (Å²) >= 11 is 0. The van der Waals surface area contributed by atoms with Crippen molar-refractivity contribution in [3.8, 4) is 11.5 Å². The van der Waals surface area contributed by atoms with E-state index >= 15 is 0 Å². The van der Waals surface area contributed by atoms with E-state index in [1.807, 2.05) is 25.1 Å². The Labute approximate surface area is 147 Å². The molecule has 0 unspecified atom stereocenters. The van der Waals surface area contributed by atoms with E-state index in [0.29, 0.717) is 23.9 Å². The normalized spacial score (nSPS) is 11.4. The van der Waals surface area contributed by atoms with Crippen molar-refractivity contribution in [2.45, 2.75) is 26.4 Å². The summed E-state index contributed by atoms with van der Waals surface area (Å²) in [6.07, 6.45) is 1.71. The largest absolute Gasteiger partial charge is 0.493 e. The van der Waals surface area contributed by atoms with E-state index in [0.717, 1.165) is 11.1 Å². The zero-order valence-electron chi connectivity index (χ0n) is 14.2. The molecule has 0 aliphatic heterocycles. The first-order valence-corrected chi connectivity index (χ1v) is 7.26. The fourth-order valence-electron chi connectivity index (χ4n) is 2.14. The number of hydrogen-bond donors (Lipinski definition) is 2. The molecule has 1 amide bonds. The second kappa shape index (κ2) is 8.56. The van der Waals surface area contributed by atoms with Gasteiger partial charge in [-0.2, -0.15) is 5.10 Å². The Morgan fingerprint density at radius 1 is 1.33 bits per heavy atom. The summed E-state index contributed by atoms with van der Waals surface area (Å²) < 4.78 is 12.3. The third-order valence-corrected chi connectivity index (χ3v) is 3.46. The molecule has 7 nitrogen and oxygen atoms in total. The average molecular weight is 355 g/mol. The SMILES string of the molecule is COc1ccc(Cn2ncc(C)c2NC(=O)[C@@H](C)N)cc1OC.Cl. The monoisotopic (exact) mass is 354 g/mol. The second-order valence-corrected chi connectivity index (χ2v) is 5.30. The maximum absolute atomic E-state index is 11.8. The van der Waals surface area contributed by atoms with E-state index in [4.69, 9.17) is 15.2 Å². The van der Waals surface area contributed by atoms with Gasteiger partial charge in [-0.1, -0.05) is 6.07 Å². The van der Waals surface area contributed by atoms with Crippen molar-refractivity contribution in [2.24, 2.45) is 5.73 Å². The number of halogens is 1. The molecule has 0 saturated carbocycles. The lowest BCUT2D eigenvalue weighted by molar-refractivity contribution is -0.117. The minimum absolute atomic E-state index is 0. The predicted octanol–water partition coefficient (Wildman–Crippen LogP) is 1.96. The summed E-state index contributed by atoms with van der Waals surface area (Å²) in [4.78, 5) is 11.8. The Balaban J connectivity index is 0.00000288. The van der Waals surface area contributed by atoms with Crippen LogP contribution in [0.1, 0.15) is 18.1 Å². The summed E-state index contributed by atoms with van der Waals surface area (Å²) in [5.41, 5.74) is 7.45. The summed E-state index contributed by atoms with van der Waals surface area (Å²) in [7, 11) is 3.18. The Bertz CT molecular complexity index is 701. The highest BCUT2D eigenvalue weighted by Gasteiger charge is 2.14. The maximum Gasteiger partial charge on any atom is 0.242 e. The van der Waals surface area contributed by atoms with Crippen LogP contribution >= 0.6 is 12.4 Å². The number of carbonyl (C=O) groups excluding carboxylic acids is 1. The molecule has 132 valence electrons. The van der Waals surface area contributed by atoms with Gasteiger partial charge in [0.1, 0.15) is 5.82 Å². The standard InChI is InChI=1S/C16H22N4O3.ClH/c1-10-8-18-20(15(10)19-16(21)11(2)17)9-12-5-6-13(22-3)14(7-12)23-4;/h5-8,11H,9,17H2,1-4H3,(H,19,21);1H/t11-;/m1./s1. The van der Waals surface area contributed by atoms with Crippen LogP contribution in [0.15, 0.2) is 24.4 Å². The van der Waals surface area contributed by atoms with Crippen LogP contribution in [0.25, 0.3) is 0 Å². The van der Waals surface area contributed by atoms with Crippen LogP contribution in [0.2, 0.25) is 0 Å². The number of carbonyl (C=O) groups is 1. The number of amides is 1. The molecule has 0 aliphatic carbocycles. The van der Waals surface area contributed by atoms with Gasteiger partial charge in [-0.3, -0.25) is 4.79 Å². The molecule has 2 aromatic rings. The molecule has 0 radical (unpaired) electrons. The van der Waals surface area contributed by atoms with Crippen LogP contribution in [0.3, 0.4) is 0 Å². The Kier molecular flexibility index (Phi) is 7.06. The molecule has 1 aromatic heterocycles.